The van der Waals surface area contributed by atoms with E-state index in [9.17, 15) is 14.0 Å². The molecule has 0 atom stereocenters. The van der Waals surface area contributed by atoms with Gasteiger partial charge in [-0.3, -0.25) is 4.79 Å². The van der Waals surface area contributed by atoms with E-state index in [1.807, 2.05) is 0 Å². The van der Waals surface area contributed by atoms with Crippen molar-refractivity contribution in [2.75, 3.05) is 5.32 Å². The summed E-state index contributed by atoms with van der Waals surface area (Å²) in [7, 11) is 0. The molecule has 4 nitrogen and oxygen atoms in total. The Labute approximate surface area is 132 Å². The third-order valence-corrected chi connectivity index (χ3v) is 3.88. The molecule has 0 aliphatic rings. The summed E-state index contributed by atoms with van der Waals surface area (Å²) < 4.78 is 14.2. The monoisotopic (exact) mass is 371 g/mol. The molecule has 2 aromatic rings. The lowest BCUT2D eigenvalue weighted by Gasteiger charge is -2.10. The summed E-state index contributed by atoms with van der Waals surface area (Å²) in [5, 5.41) is 11.7. The van der Waals surface area contributed by atoms with Gasteiger partial charge in [0.15, 0.2) is 0 Å². The summed E-state index contributed by atoms with van der Waals surface area (Å²) in [4.78, 5) is 23.1. The highest BCUT2D eigenvalue weighted by Crippen LogP contribution is 2.25. The van der Waals surface area contributed by atoms with E-state index in [0.29, 0.717) is 9.50 Å². The number of aromatic carboxylic acids is 1. The van der Waals surface area contributed by atoms with Crippen LogP contribution in [-0.4, -0.2) is 17.0 Å². The first-order chi connectivity index (χ1) is 9.90. The van der Waals surface area contributed by atoms with Crippen LogP contribution in [0.2, 0.25) is 5.02 Å². The molecule has 0 bridgehead atoms. The van der Waals surface area contributed by atoms with Crippen molar-refractivity contribution in [3.8, 4) is 0 Å². The van der Waals surface area contributed by atoms with Crippen molar-refractivity contribution in [3.63, 3.8) is 0 Å². The average Bonchev–Trinajstić information content (AvgIpc) is 2.43. The van der Waals surface area contributed by atoms with Crippen LogP contribution in [0.1, 0.15) is 20.7 Å². The Morgan fingerprint density at radius 1 is 1.24 bits per heavy atom. The van der Waals surface area contributed by atoms with Crippen molar-refractivity contribution in [1.29, 1.82) is 0 Å². The van der Waals surface area contributed by atoms with Crippen LogP contribution >= 0.6 is 27.5 Å². The number of benzene rings is 2. The molecule has 0 radical (unpaired) electrons. The minimum absolute atomic E-state index is 0.214. The zero-order chi connectivity index (χ0) is 15.6. The van der Waals surface area contributed by atoms with Gasteiger partial charge in [0.2, 0.25) is 0 Å². The van der Waals surface area contributed by atoms with Crippen LogP contribution in [0, 0.1) is 5.82 Å². The van der Waals surface area contributed by atoms with Crippen LogP contribution in [-0.2, 0) is 0 Å². The number of rotatable bonds is 3. The highest BCUT2D eigenvalue weighted by atomic mass is 79.9. The lowest BCUT2D eigenvalue weighted by molar-refractivity contribution is 0.0697. The third kappa shape index (κ3) is 3.40. The molecule has 2 N–H and O–H groups in total. The molecule has 0 saturated carbocycles. The predicted octanol–water partition coefficient (Wildman–Crippen LogP) is 4.19. The van der Waals surface area contributed by atoms with Gasteiger partial charge in [0, 0.05) is 10.0 Å². The Kier molecular flexibility index (Phi) is 4.59. The Morgan fingerprint density at radius 2 is 1.95 bits per heavy atom. The topological polar surface area (TPSA) is 66.4 Å². The van der Waals surface area contributed by atoms with E-state index in [0.717, 1.165) is 6.07 Å². The van der Waals surface area contributed by atoms with Gasteiger partial charge >= 0.3 is 5.97 Å². The van der Waals surface area contributed by atoms with E-state index >= 15 is 0 Å². The van der Waals surface area contributed by atoms with Crippen LogP contribution in [0.25, 0.3) is 0 Å². The van der Waals surface area contributed by atoms with Crippen LogP contribution in [0.4, 0.5) is 10.1 Å². The second-order valence-electron chi connectivity index (χ2n) is 4.05. The molecule has 0 fully saturated rings. The highest BCUT2D eigenvalue weighted by molar-refractivity contribution is 9.10. The number of carboxylic acids is 1. The van der Waals surface area contributed by atoms with Gasteiger partial charge in [-0.05, 0) is 46.3 Å². The minimum atomic E-state index is -1.33. The maximum Gasteiger partial charge on any atom is 0.337 e. The van der Waals surface area contributed by atoms with Crippen molar-refractivity contribution in [1.82, 2.24) is 0 Å². The molecular weight excluding hydrogens is 365 g/mol. The van der Waals surface area contributed by atoms with Crippen molar-refractivity contribution in [3.05, 3.63) is 62.8 Å². The van der Waals surface area contributed by atoms with Crippen LogP contribution in [0.3, 0.4) is 0 Å². The Morgan fingerprint density at radius 3 is 2.57 bits per heavy atom. The molecule has 0 spiro atoms. The fourth-order valence-electron chi connectivity index (χ4n) is 1.65. The third-order valence-electron chi connectivity index (χ3n) is 2.66. The maximum absolute atomic E-state index is 13.7. The first-order valence-corrected chi connectivity index (χ1v) is 6.85. The van der Waals surface area contributed by atoms with Gasteiger partial charge < -0.3 is 10.4 Å². The van der Waals surface area contributed by atoms with E-state index in [2.05, 4.69) is 21.2 Å². The van der Waals surface area contributed by atoms with E-state index in [-0.39, 0.29) is 16.8 Å². The number of para-hydroxylation sites is 1. The van der Waals surface area contributed by atoms with Crippen LogP contribution in [0.15, 0.2) is 40.9 Å². The number of carbonyl (C=O) groups excluding carboxylic acids is 1. The SMILES string of the molecule is O=C(Nc1c(F)cccc1C(=O)O)c1ccc(Cl)c(Br)c1. The highest BCUT2D eigenvalue weighted by Gasteiger charge is 2.17. The Hall–Kier alpha value is -1.92. The van der Waals surface area contributed by atoms with E-state index in [1.54, 1.807) is 0 Å². The molecule has 0 heterocycles. The molecule has 0 saturated heterocycles. The van der Waals surface area contributed by atoms with Crippen molar-refractivity contribution in [2.24, 2.45) is 0 Å². The van der Waals surface area contributed by atoms with Crippen LogP contribution < -0.4 is 5.32 Å². The Balaban J connectivity index is 2.36. The predicted molar refractivity (Wildman–Crippen MR) is 80.5 cm³/mol. The van der Waals surface area contributed by atoms with E-state index in [4.69, 9.17) is 16.7 Å². The summed E-state index contributed by atoms with van der Waals surface area (Å²) in [5.41, 5.74) is -0.483. The second kappa shape index (κ2) is 6.24. The van der Waals surface area contributed by atoms with Gasteiger partial charge in [0.05, 0.1) is 16.3 Å². The lowest BCUT2D eigenvalue weighted by atomic mass is 10.1. The number of nitrogens with one attached hydrogen (secondary N) is 1. The quantitative estimate of drug-likeness (QED) is 0.849. The number of hydrogen-bond donors (Lipinski definition) is 2. The van der Waals surface area contributed by atoms with Crippen molar-refractivity contribution >= 4 is 45.1 Å². The molecule has 108 valence electrons. The van der Waals surface area contributed by atoms with Gasteiger partial charge in [0.25, 0.3) is 5.91 Å². The fourth-order valence-corrected chi connectivity index (χ4v) is 2.15. The zero-order valence-corrected chi connectivity index (χ0v) is 12.7. The molecule has 0 aromatic heterocycles. The van der Waals surface area contributed by atoms with E-state index < -0.39 is 17.7 Å². The van der Waals surface area contributed by atoms with Gasteiger partial charge in [-0.25, -0.2) is 9.18 Å². The van der Waals surface area contributed by atoms with E-state index in [1.165, 1.54) is 30.3 Å². The summed E-state index contributed by atoms with van der Waals surface area (Å²) in [6.07, 6.45) is 0. The molecule has 1 amide bonds. The smallest absolute Gasteiger partial charge is 0.337 e. The van der Waals surface area contributed by atoms with Crippen molar-refractivity contribution < 1.29 is 19.1 Å². The zero-order valence-electron chi connectivity index (χ0n) is 10.4. The minimum Gasteiger partial charge on any atom is -0.478 e. The number of amides is 1. The first-order valence-electron chi connectivity index (χ1n) is 5.68. The largest absolute Gasteiger partial charge is 0.478 e. The molecule has 7 heteroatoms. The van der Waals surface area contributed by atoms with Crippen LogP contribution in [0.5, 0.6) is 0 Å². The summed E-state index contributed by atoms with van der Waals surface area (Å²) in [6, 6.07) is 7.94. The Bertz CT molecular complexity index is 736. The average molecular weight is 373 g/mol. The maximum atomic E-state index is 13.7. The molecule has 0 unspecified atom stereocenters. The summed E-state index contributed by atoms with van der Waals surface area (Å²) >= 11 is 8.99. The molecular formula is C14H8BrClFNO3. The van der Waals surface area contributed by atoms with Gasteiger partial charge in [-0.15, -0.1) is 0 Å². The normalized spacial score (nSPS) is 10.2. The summed E-state index contributed by atoms with van der Waals surface area (Å²) in [6.45, 7) is 0. The number of hydrogen-bond acceptors (Lipinski definition) is 2. The van der Waals surface area contributed by atoms with Gasteiger partial charge in [-0.1, -0.05) is 17.7 Å². The van der Waals surface area contributed by atoms with Crippen molar-refractivity contribution in [2.45, 2.75) is 0 Å². The number of carbonyl (C=O) groups is 2. The number of carboxylic acid groups (broad SMARTS) is 1. The van der Waals surface area contributed by atoms with Gasteiger partial charge in [-0.2, -0.15) is 0 Å². The standard InChI is InChI=1S/C14H8BrClFNO3/c15-9-6-7(4-5-10(9)16)13(19)18-12-8(14(20)21)2-1-3-11(12)17/h1-6H,(H,18,19)(H,20,21). The number of anilines is 1. The summed E-state index contributed by atoms with van der Waals surface area (Å²) in [5.74, 6) is -2.79. The van der Waals surface area contributed by atoms with Gasteiger partial charge in [0.1, 0.15) is 5.82 Å². The molecule has 0 aliphatic carbocycles. The number of halogens is 3. The molecule has 2 rings (SSSR count). The molecule has 0 aliphatic heterocycles. The molecule has 2 aromatic carbocycles. The molecule has 21 heavy (non-hydrogen) atoms. The fraction of sp³-hybridized carbons (Fsp3) is 0. The lowest BCUT2D eigenvalue weighted by Crippen LogP contribution is -2.16. The second-order valence-corrected chi connectivity index (χ2v) is 5.31. The first kappa shape index (κ1) is 15.5.